The maximum atomic E-state index is 5.78. The molecular weight excluding hydrogens is 256 g/mol. The number of nitrogens with zero attached hydrogens (tertiary/aromatic N) is 2. The van der Waals surface area contributed by atoms with Gasteiger partial charge in [0, 0.05) is 17.7 Å². The molecule has 0 aliphatic rings. The van der Waals surface area contributed by atoms with Gasteiger partial charge in [0.15, 0.2) is 5.82 Å². The number of anilines is 3. The van der Waals surface area contributed by atoms with Crippen molar-refractivity contribution < 1.29 is 0 Å². The topological polar surface area (TPSA) is 55.9 Å². The van der Waals surface area contributed by atoms with E-state index in [9.17, 15) is 0 Å². The van der Waals surface area contributed by atoms with Gasteiger partial charge in [-0.3, -0.25) is 4.68 Å². The monoisotopic (exact) mass is 266 g/mol. The van der Waals surface area contributed by atoms with E-state index < -0.39 is 0 Å². The van der Waals surface area contributed by atoms with Crippen LogP contribution in [0.2, 0.25) is 0 Å². The third-order valence-corrected chi connectivity index (χ3v) is 2.68. The van der Waals surface area contributed by atoms with Crippen LogP contribution in [0.3, 0.4) is 0 Å². The van der Waals surface area contributed by atoms with Gasteiger partial charge >= 0.3 is 0 Å². The minimum Gasteiger partial charge on any atom is -0.394 e. The zero-order valence-corrected chi connectivity index (χ0v) is 9.82. The number of para-hydroxylation sites is 1. The maximum absolute atomic E-state index is 5.78. The first kappa shape index (κ1) is 10.0. The van der Waals surface area contributed by atoms with Crippen LogP contribution >= 0.6 is 15.9 Å². The summed E-state index contributed by atoms with van der Waals surface area (Å²) in [7, 11) is 1.83. The molecule has 0 aliphatic carbocycles. The average molecular weight is 267 g/mol. The SMILES string of the molecule is Cn1cc(N)c(Nc2ccccc2Br)n1. The van der Waals surface area contributed by atoms with E-state index in [2.05, 4.69) is 26.3 Å². The van der Waals surface area contributed by atoms with Gasteiger partial charge in [0.2, 0.25) is 0 Å². The van der Waals surface area contributed by atoms with E-state index in [1.807, 2.05) is 31.3 Å². The van der Waals surface area contributed by atoms with Crippen molar-refractivity contribution in [2.75, 3.05) is 11.1 Å². The molecule has 0 unspecified atom stereocenters. The van der Waals surface area contributed by atoms with Crippen molar-refractivity contribution in [1.82, 2.24) is 9.78 Å². The molecule has 5 heteroatoms. The second kappa shape index (κ2) is 3.94. The predicted octanol–water partition coefficient (Wildman–Crippen LogP) is 2.51. The second-order valence-electron chi connectivity index (χ2n) is 3.21. The summed E-state index contributed by atoms with van der Waals surface area (Å²) in [4.78, 5) is 0. The molecule has 1 aromatic heterocycles. The summed E-state index contributed by atoms with van der Waals surface area (Å²) in [6.07, 6.45) is 1.76. The highest BCUT2D eigenvalue weighted by Gasteiger charge is 2.05. The van der Waals surface area contributed by atoms with Crippen LogP contribution in [-0.4, -0.2) is 9.78 Å². The summed E-state index contributed by atoms with van der Waals surface area (Å²) >= 11 is 3.45. The third-order valence-electron chi connectivity index (χ3n) is 1.98. The Hall–Kier alpha value is -1.49. The van der Waals surface area contributed by atoms with Crippen molar-refractivity contribution in [1.29, 1.82) is 0 Å². The van der Waals surface area contributed by atoms with Crippen molar-refractivity contribution in [3.63, 3.8) is 0 Å². The number of rotatable bonds is 2. The van der Waals surface area contributed by atoms with E-state index in [0.29, 0.717) is 11.5 Å². The highest BCUT2D eigenvalue weighted by Crippen LogP contribution is 2.26. The van der Waals surface area contributed by atoms with Crippen LogP contribution in [0.1, 0.15) is 0 Å². The van der Waals surface area contributed by atoms with Gasteiger partial charge in [-0.2, -0.15) is 5.10 Å². The van der Waals surface area contributed by atoms with Crippen LogP contribution in [0.4, 0.5) is 17.2 Å². The molecule has 0 spiro atoms. The van der Waals surface area contributed by atoms with E-state index in [4.69, 9.17) is 5.73 Å². The van der Waals surface area contributed by atoms with Gasteiger partial charge in [0.05, 0.1) is 11.4 Å². The number of hydrogen-bond donors (Lipinski definition) is 2. The van der Waals surface area contributed by atoms with E-state index in [1.165, 1.54) is 0 Å². The van der Waals surface area contributed by atoms with Gasteiger partial charge in [0.25, 0.3) is 0 Å². The van der Waals surface area contributed by atoms with E-state index in [-0.39, 0.29) is 0 Å². The van der Waals surface area contributed by atoms with Crippen LogP contribution < -0.4 is 11.1 Å². The normalized spacial score (nSPS) is 10.3. The number of nitrogen functional groups attached to an aromatic ring is 1. The Morgan fingerprint density at radius 2 is 2.13 bits per heavy atom. The molecule has 3 N–H and O–H groups in total. The highest BCUT2D eigenvalue weighted by molar-refractivity contribution is 9.10. The summed E-state index contributed by atoms with van der Waals surface area (Å²) in [6.45, 7) is 0. The molecule has 0 bridgehead atoms. The zero-order chi connectivity index (χ0) is 10.8. The first-order valence-corrected chi connectivity index (χ1v) is 5.27. The predicted molar refractivity (Wildman–Crippen MR) is 65.0 cm³/mol. The molecule has 0 fully saturated rings. The molecule has 0 amide bonds. The summed E-state index contributed by atoms with van der Waals surface area (Å²) in [6, 6.07) is 7.82. The molecule has 4 nitrogen and oxygen atoms in total. The van der Waals surface area contributed by atoms with Crippen LogP contribution in [0.15, 0.2) is 34.9 Å². The summed E-state index contributed by atoms with van der Waals surface area (Å²) in [5.41, 5.74) is 7.36. The van der Waals surface area contributed by atoms with Crippen LogP contribution in [-0.2, 0) is 7.05 Å². The molecule has 0 saturated carbocycles. The lowest BCUT2D eigenvalue weighted by Crippen LogP contribution is -1.96. The fourth-order valence-electron chi connectivity index (χ4n) is 1.29. The van der Waals surface area contributed by atoms with Crippen LogP contribution in [0.5, 0.6) is 0 Å². The minimum atomic E-state index is 0.633. The first-order valence-electron chi connectivity index (χ1n) is 4.47. The minimum absolute atomic E-state index is 0.633. The molecule has 0 atom stereocenters. The lowest BCUT2D eigenvalue weighted by molar-refractivity contribution is 0.771. The average Bonchev–Trinajstić information content (AvgIpc) is 2.49. The van der Waals surface area contributed by atoms with Gasteiger partial charge < -0.3 is 11.1 Å². The fraction of sp³-hybridized carbons (Fsp3) is 0.100. The Morgan fingerprint density at radius 3 is 2.73 bits per heavy atom. The molecule has 1 heterocycles. The lowest BCUT2D eigenvalue weighted by atomic mass is 10.3. The number of aryl methyl sites for hydroxylation is 1. The summed E-state index contributed by atoms with van der Waals surface area (Å²) in [5.74, 6) is 0.671. The molecule has 15 heavy (non-hydrogen) atoms. The van der Waals surface area contributed by atoms with E-state index >= 15 is 0 Å². The second-order valence-corrected chi connectivity index (χ2v) is 4.07. The zero-order valence-electron chi connectivity index (χ0n) is 8.24. The Labute approximate surface area is 96.2 Å². The number of nitrogens with one attached hydrogen (secondary N) is 1. The maximum Gasteiger partial charge on any atom is 0.175 e. The lowest BCUT2D eigenvalue weighted by Gasteiger charge is -2.05. The number of aromatic nitrogens is 2. The molecule has 0 radical (unpaired) electrons. The molecular formula is C10H11BrN4. The quantitative estimate of drug-likeness (QED) is 0.879. The number of halogens is 1. The number of hydrogen-bond acceptors (Lipinski definition) is 3. The van der Waals surface area contributed by atoms with Crippen LogP contribution in [0, 0.1) is 0 Å². The summed E-state index contributed by atoms with van der Waals surface area (Å²) in [5, 5.41) is 7.36. The van der Waals surface area contributed by atoms with E-state index in [0.717, 1.165) is 10.2 Å². The van der Waals surface area contributed by atoms with Crippen molar-refractivity contribution in [3.8, 4) is 0 Å². The van der Waals surface area contributed by atoms with Crippen molar-refractivity contribution in [2.24, 2.45) is 7.05 Å². The first-order chi connectivity index (χ1) is 7.16. The standard InChI is InChI=1S/C10H11BrN4/c1-15-6-8(12)10(14-15)13-9-5-3-2-4-7(9)11/h2-6H,12H2,1H3,(H,13,14). The van der Waals surface area contributed by atoms with Gasteiger partial charge in [0.1, 0.15) is 0 Å². The summed E-state index contributed by atoms with van der Waals surface area (Å²) < 4.78 is 2.66. The molecule has 0 aliphatic heterocycles. The van der Waals surface area contributed by atoms with Crippen molar-refractivity contribution in [3.05, 3.63) is 34.9 Å². The Bertz CT molecular complexity index is 478. The van der Waals surface area contributed by atoms with Crippen molar-refractivity contribution >= 4 is 33.1 Å². The molecule has 0 saturated heterocycles. The van der Waals surface area contributed by atoms with Crippen LogP contribution in [0.25, 0.3) is 0 Å². The van der Waals surface area contributed by atoms with Gasteiger partial charge in [-0.05, 0) is 28.1 Å². The van der Waals surface area contributed by atoms with Gasteiger partial charge in [-0.25, -0.2) is 0 Å². The molecule has 2 rings (SSSR count). The molecule has 78 valence electrons. The number of benzene rings is 1. The number of nitrogens with two attached hydrogens (primary N) is 1. The Balaban J connectivity index is 2.29. The largest absolute Gasteiger partial charge is 0.394 e. The smallest absolute Gasteiger partial charge is 0.175 e. The molecule has 2 aromatic rings. The third kappa shape index (κ3) is 2.12. The van der Waals surface area contributed by atoms with Crippen molar-refractivity contribution in [2.45, 2.75) is 0 Å². The highest BCUT2D eigenvalue weighted by atomic mass is 79.9. The fourth-order valence-corrected chi connectivity index (χ4v) is 1.68. The Morgan fingerprint density at radius 1 is 1.40 bits per heavy atom. The van der Waals surface area contributed by atoms with Gasteiger partial charge in [-0.1, -0.05) is 12.1 Å². The Kier molecular flexibility index (Phi) is 2.64. The van der Waals surface area contributed by atoms with E-state index in [1.54, 1.807) is 10.9 Å². The molecule has 1 aromatic carbocycles. The van der Waals surface area contributed by atoms with Gasteiger partial charge in [-0.15, -0.1) is 0 Å².